The number of fused-ring (bicyclic) bond motifs is 1. The molecule has 4 nitrogen and oxygen atoms in total. The first-order chi connectivity index (χ1) is 6.31. The molecule has 0 unspecified atom stereocenters. The van der Waals surface area contributed by atoms with Crippen molar-refractivity contribution in [2.75, 3.05) is 6.54 Å². The molecule has 0 radical (unpaired) electrons. The van der Waals surface area contributed by atoms with E-state index in [-0.39, 0.29) is 5.75 Å². The summed E-state index contributed by atoms with van der Waals surface area (Å²) < 4.78 is 0. The van der Waals surface area contributed by atoms with Gasteiger partial charge in [0.1, 0.15) is 11.4 Å². The number of H-pyrrole nitrogens is 1. The lowest BCUT2D eigenvalue weighted by Crippen LogP contribution is -2.01. The number of aromatic hydroxyl groups is 1. The highest BCUT2D eigenvalue weighted by Crippen LogP contribution is 2.20. The van der Waals surface area contributed by atoms with Gasteiger partial charge < -0.3 is 15.8 Å². The van der Waals surface area contributed by atoms with Crippen molar-refractivity contribution in [1.29, 1.82) is 0 Å². The van der Waals surface area contributed by atoms with Crippen molar-refractivity contribution in [2.24, 2.45) is 5.73 Å². The highest BCUT2D eigenvalue weighted by molar-refractivity contribution is 5.80. The minimum absolute atomic E-state index is 0.186. The van der Waals surface area contributed by atoms with Crippen LogP contribution in [0.3, 0.4) is 0 Å². The molecule has 2 heterocycles. The van der Waals surface area contributed by atoms with E-state index in [1.54, 1.807) is 6.07 Å². The molecule has 2 aromatic heterocycles. The molecule has 0 aliphatic heterocycles. The molecule has 0 atom stereocenters. The average molecular weight is 177 g/mol. The van der Waals surface area contributed by atoms with Crippen LogP contribution in [0.25, 0.3) is 11.0 Å². The number of aromatic nitrogens is 2. The van der Waals surface area contributed by atoms with Gasteiger partial charge in [0.2, 0.25) is 0 Å². The Balaban J connectivity index is 2.58. The van der Waals surface area contributed by atoms with E-state index in [0.29, 0.717) is 6.54 Å². The zero-order valence-corrected chi connectivity index (χ0v) is 7.12. The standard InChI is InChI=1S/C9H11N3O/c10-2-1-6-4-11-9-8(6)3-7(13)5-12-9/h3-5,13H,1-2,10H2,(H,11,12). The molecule has 0 spiro atoms. The molecular weight excluding hydrogens is 166 g/mol. The number of nitrogens with one attached hydrogen (secondary N) is 1. The second-order valence-corrected chi connectivity index (χ2v) is 2.94. The SMILES string of the molecule is NCCc1c[nH]c2ncc(O)cc12. The van der Waals surface area contributed by atoms with Gasteiger partial charge in [-0.25, -0.2) is 4.98 Å². The minimum Gasteiger partial charge on any atom is -0.506 e. The molecule has 0 bridgehead atoms. The molecule has 0 aromatic carbocycles. The van der Waals surface area contributed by atoms with Crippen LogP contribution < -0.4 is 5.73 Å². The predicted molar refractivity (Wildman–Crippen MR) is 50.5 cm³/mol. The number of rotatable bonds is 2. The maximum atomic E-state index is 9.23. The van der Waals surface area contributed by atoms with E-state index in [2.05, 4.69) is 9.97 Å². The molecule has 13 heavy (non-hydrogen) atoms. The van der Waals surface area contributed by atoms with Crippen LogP contribution in [0.2, 0.25) is 0 Å². The average Bonchev–Trinajstić information content (AvgIpc) is 2.49. The molecule has 0 amide bonds. The summed E-state index contributed by atoms with van der Waals surface area (Å²) in [6.45, 7) is 0.600. The number of pyridine rings is 1. The first-order valence-corrected chi connectivity index (χ1v) is 4.16. The molecule has 0 aliphatic carbocycles. The van der Waals surface area contributed by atoms with Crippen LogP contribution in [0.15, 0.2) is 18.5 Å². The molecule has 0 aliphatic rings. The van der Waals surface area contributed by atoms with Crippen LogP contribution in [-0.4, -0.2) is 21.6 Å². The number of nitrogens with two attached hydrogens (primary N) is 1. The first-order valence-electron chi connectivity index (χ1n) is 4.16. The summed E-state index contributed by atoms with van der Waals surface area (Å²) >= 11 is 0. The predicted octanol–water partition coefficient (Wildman–Crippen LogP) is 0.770. The van der Waals surface area contributed by atoms with Crippen molar-refractivity contribution in [2.45, 2.75) is 6.42 Å². The van der Waals surface area contributed by atoms with Gasteiger partial charge in [-0.1, -0.05) is 0 Å². The zero-order chi connectivity index (χ0) is 9.26. The highest BCUT2D eigenvalue weighted by atomic mass is 16.3. The van der Waals surface area contributed by atoms with Gasteiger partial charge in [0.05, 0.1) is 6.20 Å². The molecule has 4 N–H and O–H groups in total. The Bertz CT molecular complexity index is 422. The van der Waals surface area contributed by atoms with Crippen molar-refractivity contribution in [3.63, 3.8) is 0 Å². The lowest BCUT2D eigenvalue weighted by Gasteiger charge is -1.95. The van der Waals surface area contributed by atoms with E-state index >= 15 is 0 Å². The lowest BCUT2D eigenvalue weighted by atomic mass is 10.1. The van der Waals surface area contributed by atoms with Gasteiger partial charge in [0, 0.05) is 11.6 Å². The van der Waals surface area contributed by atoms with Gasteiger partial charge in [-0.2, -0.15) is 0 Å². The Kier molecular flexibility index (Phi) is 1.90. The third-order valence-corrected chi connectivity index (χ3v) is 2.02. The van der Waals surface area contributed by atoms with E-state index in [4.69, 9.17) is 5.73 Å². The van der Waals surface area contributed by atoms with E-state index in [9.17, 15) is 5.11 Å². The Morgan fingerprint density at radius 3 is 3.15 bits per heavy atom. The van der Waals surface area contributed by atoms with Crippen LogP contribution >= 0.6 is 0 Å². The third kappa shape index (κ3) is 1.36. The third-order valence-electron chi connectivity index (χ3n) is 2.02. The summed E-state index contributed by atoms with van der Waals surface area (Å²) in [5.74, 6) is 0.186. The molecule has 0 fully saturated rings. The summed E-state index contributed by atoms with van der Waals surface area (Å²) in [4.78, 5) is 7.06. The van der Waals surface area contributed by atoms with Crippen molar-refractivity contribution in [1.82, 2.24) is 9.97 Å². The minimum atomic E-state index is 0.186. The van der Waals surface area contributed by atoms with Gasteiger partial charge in [-0.15, -0.1) is 0 Å². The zero-order valence-electron chi connectivity index (χ0n) is 7.12. The summed E-state index contributed by atoms with van der Waals surface area (Å²) in [6.07, 6.45) is 4.10. The number of hydrogen-bond acceptors (Lipinski definition) is 3. The van der Waals surface area contributed by atoms with Crippen molar-refractivity contribution >= 4 is 11.0 Å². The topological polar surface area (TPSA) is 74.9 Å². The van der Waals surface area contributed by atoms with Crippen molar-refractivity contribution in [3.8, 4) is 5.75 Å². The lowest BCUT2D eigenvalue weighted by molar-refractivity contribution is 0.474. The van der Waals surface area contributed by atoms with Crippen LogP contribution in [0.5, 0.6) is 5.75 Å². The highest BCUT2D eigenvalue weighted by Gasteiger charge is 2.03. The summed E-state index contributed by atoms with van der Waals surface area (Å²) in [5, 5.41) is 10.2. The Morgan fingerprint density at radius 1 is 1.54 bits per heavy atom. The van der Waals surface area contributed by atoms with Crippen molar-refractivity contribution < 1.29 is 5.11 Å². The fraction of sp³-hybridized carbons (Fsp3) is 0.222. The molecular formula is C9H11N3O. The molecule has 0 saturated heterocycles. The van der Waals surface area contributed by atoms with Gasteiger partial charge >= 0.3 is 0 Å². The monoisotopic (exact) mass is 177 g/mol. The Hall–Kier alpha value is -1.55. The molecule has 2 aromatic rings. The van der Waals surface area contributed by atoms with Crippen LogP contribution in [0, 0.1) is 0 Å². The summed E-state index contributed by atoms with van der Waals surface area (Å²) in [7, 11) is 0. The molecule has 2 rings (SSSR count). The second-order valence-electron chi connectivity index (χ2n) is 2.94. The van der Waals surface area contributed by atoms with Crippen LogP contribution in [0.1, 0.15) is 5.56 Å². The van der Waals surface area contributed by atoms with Crippen molar-refractivity contribution in [3.05, 3.63) is 24.0 Å². The second kappa shape index (κ2) is 3.06. The summed E-state index contributed by atoms with van der Waals surface area (Å²) in [5.41, 5.74) is 7.34. The quantitative estimate of drug-likeness (QED) is 0.634. The normalized spacial score (nSPS) is 10.8. The van der Waals surface area contributed by atoms with Gasteiger partial charge in [0.15, 0.2) is 0 Å². The van der Waals surface area contributed by atoms with Crippen LogP contribution in [-0.2, 0) is 6.42 Å². The molecule has 4 heteroatoms. The maximum absolute atomic E-state index is 9.23. The fourth-order valence-corrected chi connectivity index (χ4v) is 1.41. The van der Waals surface area contributed by atoms with Gasteiger partial charge in [0.25, 0.3) is 0 Å². The smallest absolute Gasteiger partial charge is 0.137 e. The summed E-state index contributed by atoms with van der Waals surface area (Å²) in [6, 6.07) is 1.70. The van der Waals surface area contributed by atoms with E-state index in [0.717, 1.165) is 23.0 Å². The fourth-order valence-electron chi connectivity index (χ4n) is 1.41. The Labute approximate surface area is 75.4 Å². The van der Waals surface area contributed by atoms with Gasteiger partial charge in [-0.05, 0) is 24.6 Å². The van der Waals surface area contributed by atoms with E-state index < -0.39 is 0 Å². The molecule has 0 saturated carbocycles. The number of hydrogen-bond donors (Lipinski definition) is 3. The van der Waals surface area contributed by atoms with E-state index in [1.807, 2.05) is 6.20 Å². The Morgan fingerprint density at radius 2 is 2.38 bits per heavy atom. The number of aromatic amines is 1. The first kappa shape index (κ1) is 8.07. The molecule has 68 valence electrons. The largest absolute Gasteiger partial charge is 0.506 e. The maximum Gasteiger partial charge on any atom is 0.137 e. The van der Waals surface area contributed by atoms with Gasteiger partial charge in [-0.3, -0.25) is 0 Å². The van der Waals surface area contributed by atoms with Crippen LogP contribution in [0.4, 0.5) is 0 Å². The van der Waals surface area contributed by atoms with E-state index in [1.165, 1.54) is 6.20 Å². The number of nitrogens with zero attached hydrogens (tertiary/aromatic N) is 1.